The Balaban J connectivity index is 2.01. The highest BCUT2D eigenvalue weighted by molar-refractivity contribution is 9.10. The molecule has 2 rings (SSSR count). The minimum Gasteiger partial charge on any atom is -0.480 e. The molecule has 0 aliphatic heterocycles. The van der Waals surface area contributed by atoms with Gasteiger partial charge < -0.3 is 10.4 Å². The summed E-state index contributed by atoms with van der Waals surface area (Å²) in [5.74, 6) is -1.91. The Morgan fingerprint density at radius 2 is 1.78 bits per heavy atom. The van der Waals surface area contributed by atoms with Gasteiger partial charge in [0.25, 0.3) is 0 Å². The fourth-order valence-electron chi connectivity index (χ4n) is 2.12. The maximum absolute atomic E-state index is 12.8. The summed E-state index contributed by atoms with van der Waals surface area (Å²) in [4.78, 5) is 23.4. The van der Waals surface area contributed by atoms with Crippen molar-refractivity contribution < 1.29 is 19.1 Å². The molecule has 0 spiro atoms. The second kappa shape index (κ2) is 7.87. The summed E-state index contributed by atoms with van der Waals surface area (Å²) in [6, 6.07) is 11.7. The molecule has 0 heterocycles. The molecule has 0 bridgehead atoms. The van der Waals surface area contributed by atoms with Crippen molar-refractivity contribution in [2.24, 2.45) is 0 Å². The van der Waals surface area contributed by atoms with Crippen molar-refractivity contribution in [3.05, 3.63) is 69.9 Å². The number of rotatable bonds is 6. The molecule has 0 saturated heterocycles. The smallest absolute Gasteiger partial charge is 0.326 e. The third-order valence-corrected chi connectivity index (χ3v) is 4.07. The highest BCUT2D eigenvalue weighted by Gasteiger charge is 2.21. The molecule has 0 aromatic heterocycles. The van der Waals surface area contributed by atoms with Gasteiger partial charge in [0.2, 0.25) is 5.91 Å². The van der Waals surface area contributed by atoms with Crippen LogP contribution in [0.15, 0.2) is 53.0 Å². The van der Waals surface area contributed by atoms with Gasteiger partial charge in [0.1, 0.15) is 11.9 Å². The first-order valence-corrected chi connectivity index (χ1v) is 7.75. The maximum atomic E-state index is 12.8. The van der Waals surface area contributed by atoms with Crippen LogP contribution in [0.3, 0.4) is 0 Å². The normalized spacial score (nSPS) is 11.7. The Kier molecular flexibility index (Phi) is 5.87. The van der Waals surface area contributed by atoms with Crippen LogP contribution in [0, 0.1) is 5.82 Å². The number of halogens is 2. The Morgan fingerprint density at radius 3 is 2.39 bits per heavy atom. The predicted octanol–water partition coefficient (Wildman–Crippen LogP) is 2.94. The Hall–Kier alpha value is -2.21. The summed E-state index contributed by atoms with van der Waals surface area (Å²) in [5.41, 5.74) is 1.41. The minimum atomic E-state index is -1.10. The lowest BCUT2D eigenvalue weighted by Crippen LogP contribution is -2.43. The van der Waals surface area contributed by atoms with Gasteiger partial charge in [0.05, 0.1) is 6.42 Å². The topological polar surface area (TPSA) is 66.4 Å². The number of carbonyl (C=O) groups is 2. The SMILES string of the molecule is O=C(Cc1ccc(F)cc1)N[C@@H](Cc1ccccc1Br)C(=O)O. The van der Waals surface area contributed by atoms with Crippen molar-refractivity contribution >= 4 is 27.8 Å². The van der Waals surface area contributed by atoms with Crippen LogP contribution in [0.4, 0.5) is 4.39 Å². The number of carboxylic acids is 1. The van der Waals surface area contributed by atoms with Gasteiger partial charge in [-0.2, -0.15) is 0 Å². The second-order valence-corrected chi connectivity index (χ2v) is 5.91. The van der Waals surface area contributed by atoms with E-state index in [1.54, 1.807) is 12.1 Å². The van der Waals surface area contributed by atoms with E-state index in [-0.39, 0.29) is 18.7 Å². The molecule has 0 unspecified atom stereocenters. The summed E-state index contributed by atoms with van der Waals surface area (Å²) < 4.78 is 13.6. The van der Waals surface area contributed by atoms with E-state index in [4.69, 9.17) is 0 Å². The van der Waals surface area contributed by atoms with E-state index in [1.165, 1.54) is 24.3 Å². The summed E-state index contributed by atoms with van der Waals surface area (Å²) in [5, 5.41) is 11.8. The van der Waals surface area contributed by atoms with E-state index >= 15 is 0 Å². The summed E-state index contributed by atoms with van der Waals surface area (Å²) in [6.45, 7) is 0. The Labute approximate surface area is 141 Å². The summed E-state index contributed by atoms with van der Waals surface area (Å²) >= 11 is 3.36. The van der Waals surface area contributed by atoms with Crippen LogP contribution in [0.5, 0.6) is 0 Å². The van der Waals surface area contributed by atoms with Crippen molar-refractivity contribution in [2.75, 3.05) is 0 Å². The van der Waals surface area contributed by atoms with Gasteiger partial charge in [-0.25, -0.2) is 9.18 Å². The molecule has 120 valence electrons. The molecule has 2 aromatic carbocycles. The molecule has 23 heavy (non-hydrogen) atoms. The second-order valence-electron chi connectivity index (χ2n) is 5.06. The first-order valence-electron chi connectivity index (χ1n) is 6.95. The summed E-state index contributed by atoms with van der Waals surface area (Å²) in [7, 11) is 0. The molecule has 2 aromatic rings. The molecular weight excluding hydrogens is 365 g/mol. The quantitative estimate of drug-likeness (QED) is 0.810. The van der Waals surface area contributed by atoms with Crippen molar-refractivity contribution in [1.82, 2.24) is 5.32 Å². The van der Waals surface area contributed by atoms with E-state index in [0.717, 1.165) is 10.0 Å². The zero-order valence-electron chi connectivity index (χ0n) is 12.1. The minimum absolute atomic E-state index is 0.0000192. The molecule has 0 aliphatic carbocycles. The Bertz CT molecular complexity index is 703. The molecule has 2 N–H and O–H groups in total. The highest BCUT2D eigenvalue weighted by Crippen LogP contribution is 2.17. The van der Waals surface area contributed by atoms with Crippen LogP contribution < -0.4 is 5.32 Å². The standard InChI is InChI=1S/C17H15BrFNO3/c18-14-4-2-1-3-12(14)10-15(17(22)23)20-16(21)9-11-5-7-13(19)8-6-11/h1-8,15H,9-10H2,(H,20,21)(H,22,23)/t15-/m0/s1. The lowest BCUT2D eigenvalue weighted by molar-refractivity contribution is -0.141. The fraction of sp³-hybridized carbons (Fsp3) is 0.176. The molecule has 0 fully saturated rings. The average molecular weight is 380 g/mol. The van der Waals surface area contributed by atoms with Gasteiger partial charge in [0, 0.05) is 10.9 Å². The van der Waals surface area contributed by atoms with E-state index in [2.05, 4.69) is 21.2 Å². The van der Waals surface area contributed by atoms with Crippen molar-refractivity contribution in [2.45, 2.75) is 18.9 Å². The molecule has 4 nitrogen and oxygen atoms in total. The van der Waals surface area contributed by atoms with Crippen LogP contribution in [-0.4, -0.2) is 23.0 Å². The zero-order chi connectivity index (χ0) is 16.8. The third kappa shape index (κ3) is 5.17. The molecule has 1 amide bonds. The number of amides is 1. The van der Waals surface area contributed by atoms with E-state index in [1.807, 2.05) is 12.1 Å². The molecule has 0 radical (unpaired) electrons. The first kappa shape index (κ1) is 17.1. The van der Waals surface area contributed by atoms with Gasteiger partial charge in [0.15, 0.2) is 0 Å². The summed E-state index contributed by atoms with van der Waals surface area (Å²) in [6.07, 6.45) is 0.173. The van der Waals surface area contributed by atoms with Crippen LogP contribution in [0.25, 0.3) is 0 Å². The number of hydrogen-bond acceptors (Lipinski definition) is 2. The van der Waals surface area contributed by atoms with E-state index in [9.17, 15) is 19.1 Å². The van der Waals surface area contributed by atoms with E-state index < -0.39 is 17.9 Å². The van der Waals surface area contributed by atoms with Gasteiger partial charge in [-0.15, -0.1) is 0 Å². The Morgan fingerprint density at radius 1 is 1.13 bits per heavy atom. The zero-order valence-corrected chi connectivity index (χ0v) is 13.7. The number of carbonyl (C=O) groups excluding carboxylic acids is 1. The number of benzene rings is 2. The third-order valence-electron chi connectivity index (χ3n) is 3.29. The van der Waals surface area contributed by atoms with Crippen molar-refractivity contribution in [3.63, 3.8) is 0 Å². The van der Waals surface area contributed by atoms with Gasteiger partial charge >= 0.3 is 5.97 Å². The monoisotopic (exact) mass is 379 g/mol. The highest BCUT2D eigenvalue weighted by atomic mass is 79.9. The number of aliphatic carboxylic acids is 1. The lowest BCUT2D eigenvalue weighted by atomic mass is 10.1. The largest absolute Gasteiger partial charge is 0.480 e. The first-order chi connectivity index (χ1) is 11.0. The molecular formula is C17H15BrFNO3. The van der Waals surface area contributed by atoms with Gasteiger partial charge in [-0.1, -0.05) is 46.3 Å². The van der Waals surface area contributed by atoms with Gasteiger partial charge in [-0.3, -0.25) is 4.79 Å². The maximum Gasteiger partial charge on any atom is 0.326 e. The average Bonchev–Trinajstić information content (AvgIpc) is 2.51. The number of hydrogen-bond donors (Lipinski definition) is 2. The van der Waals surface area contributed by atoms with Gasteiger partial charge in [-0.05, 0) is 29.3 Å². The fourth-order valence-corrected chi connectivity index (χ4v) is 2.56. The van der Waals surface area contributed by atoms with Crippen molar-refractivity contribution in [3.8, 4) is 0 Å². The predicted molar refractivity (Wildman–Crippen MR) is 87.5 cm³/mol. The molecule has 6 heteroatoms. The number of nitrogens with one attached hydrogen (secondary N) is 1. The molecule has 1 atom stereocenters. The van der Waals surface area contributed by atoms with Crippen LogP contribution in [-0.2, 0) is 22.4 Å². The number of carboxylic acid groups (broad SMARTS) is 1. The lowest BCUT2D eigenvalue weighted by Gasteiger charge is -2.15. The van der Waals surface area contributed by atoms with Crippen molar-refractivity contribution in [1.29, 1.82) is 0 Å². The van der Waals surface area contributed by atoms with Crippen LogP contribution in [0.2, 0.25) is 0 Å². The molecule has 0 aliphatic rings. The molecule has 0 saturated carbocycles. The van der Waals surface area contributed by atoms with Crippen LogP contribution in [0.1, 0.15) is 11.1 Å². The van der Waals surface area contributed by atoms with E-state index in [0.29, 0.717) is 5.56 Å². The van der Waals surface area contributed by atoms with Crippen LogP contribution >= 0.6 is 15.9 Å².